The van der Waals surface area contributed by atoms with Crippen molar-refractivity contribution in [3.05, 3.63) is 32.7 Å². The first kappa shape index (κ1) is 14.1. The summed E-state index contributed by atoms with van der Waals surface area (Å²) in [5, 5.41) is 0. The molecule has 2 aliphatic heterocycles. The lowest BCUT2D eigenvalue weighted by Crippen LogP contribution is -2.53. The summed E-state index contributed by atoms with van der Waals surface area (Å²) in [4.78, 5) is 28.0. The molecular weight excluding hydrogens is 388 g/mol. The van der Waals surface area contributed by atoms with Crippen LogP contribution >= 0.6 is 31.9 Å². The fraction of sp³-hybridized carbons (Fsp3) is 0.429. The number of hydrogen-bond donors (Lipinski definition) is 0. The minimum Gasteiger partial charge on any atom is -0.336 e. The Morgan fingerprint density at radius 3 is 2.55 bits per heavy atom. The highest BCUT2D eigenvalue weighted by Gasteiger charge is 2.37. The van der Waals surface area contributed by atoms with Gasteiger partial charge in [-0.2, -0.15) is 0 Å². The summed E-state index contributed by atoms with van der Waals surface area (Å²) in [6.45, 7) is 1.92. The standard InChI is InChI=1S/C14H14Br2N2O2/c15-10-5-9(6-11(16)7-10)14(20)17-3-4-18-12(8-17)1-2-13(18)19/h5-7,12H,1-4,8H2. The minimum absolute atomic E-state index is 0.0333. The topological polar surface area (TPSA) is 40.6 Å². The zero-order chi connectivity index (χ0) is 14.3. The van der Waals surface area contributed by atoms with E-state index in [1.165, 1.54) is 0 Å². The average Bonchev–Trinajstić information content (AvgIpc) is 2.78. The molecule has 1 atom stereocenters. The number of nitrogens with zero attached hydrogens (tertiary/aromatic N) is 2. The number of carbonyl (C=O) groups excluding carboxylic acids is 2. The van der Waals surface area contributed by atoms with Gasteiger partial charge >= 0.3 is 0 Å². The maximum Gasteiger partial charge on any atom is 0.254 e. The molecule has 0 aliphatic carbocycles. The highest BCUT2D eigenvalue weighted by molar-refractivity contribution is 9.11. The SMILES string of the molecule is O=C(c1cc(Br)cc(Br)c1)N1CCN2C(=O)CCC2C1. The molecule has 20 heavy (non-hydrogen) atoms. The fourth-order valence-electron chi connectivity index (χ4n) is 2.91. The second kappa shape index (κ2) is 5.48. The molecule has 4 nitrogen and oxygen atoms in total. The van der Waals surface area contributed by atoms with Crippen molar-refractivity contribution in [2.24, 2.45) is 0 Å². The van der Waals surface area contributed by atoms with Crippen LogP contribution in [0.2, 0.25) is 0 Å². The first-order valence-electron chi connectivity index (χ1n) is 6.59. The minimum atomic E-state index is 0.0333. The molecule has 0 saturated carbocycles. The van der Waals surface area contributed by atoms with Crippen LogP contribution in [0.25, 0.3) is 0 Å². The van der Waals surface area contributed by atoms with Crippen LogP contribution in [-0.4, -0.2) is 47.3 Å². The van der Waals surface area contributed by atoms with Crippen molar-refractivity contribution >= 4 is 43.7 Å². The second-order valence-electron chi connectivity index (χ2n) is 5.19. The van der Waals surface area contributed by atoms with E-state index in [9.17, 15) is 9.59 Å². The van der Waals surface area contributed by atoms with Crippen LogP contribution in [0, 0.1) is 0 Å². The number of hydrogen-bond acceptors (Lipinski definition) is 2. The molecule has 2 fully saturated rings. The van der Waals surface area contributed by atoms with Crippen molar-refractivity contribution in [3.63, 3.8) is 0 Å². The average molecular weight is 402 g/mol. The van der Waals surface area contributed by atoms with Crippen molar-refractivity contribution in [1.29, 1.82) is 0 Å². The van der Waals surface area contributed by atoms with Crippen LogP contribution in [0.3, 0.4) is 0 Å². The van der Waals surface area contributed by atoms with E-state index in [1.54, 1.807) is 0 Å². The quantitative estimate of drug-likeness (QED) is 0.725. The van der Waals surface area contributed by atoms with E-state index in [2.05, 4.69) is 31.9 Å². The van der Waals surface area contributed by atoms with Gasteiger partial charge in [0, 0.05) is 46.6 Å². The summed E-state index contributed by atoms with van der Waals surface area (Å²) in [5.41, 5.74) is 0.670. The van der Waals surface area contributed by atoms with Gasteiger partial charge in [-0.3, -0.25) is 9.59 Å². The lowest BCUT2D eigenvalue weighted by molar-refractivity contribution is -0.130. The highest BCUT2D eigenvalue weighted by atomic mass is 79.9. The Bertz CT molecular complexity index is 556. The molecule has 1 aromatic carbocycles. The largest absolute Gasteiger partial charge is 0.336 e. The normalized spacial score (nSPS) is 22.1. The zero-order valence-electron chi connectivity index (χ0n) is 10.8. The van der Waals surface area contributed by atoms with Gasteiger partial charge in [-0.1, -0.05) is 31.9 Å². The molecule has 0 spiro atoms. The van der Waals surface area contributed by atoms with E-state index in [0.29, 0.717) is 31.6 Å². The summed E-state index contributed by atoms with van der Waals surface area (Å²) in [5.74, 6) is 0.262. The van der Waals surface area contributed by atoms with Gasteiger partial charge in [-0.15, -0.1) is 0 Å². The first-order valence-corrected chi connectivity index (χ1v) is 8.18. The third-order valence-corrected chi connectivity index (χ3v) is 4.81. The smallest absolute Gasteiger partial charge is 0.254 e. The molecule has 2 saturated heterocycles. The Labute approximate surface area is 134 Å². The maximum atomic E-state index is 12.6. The zero-order valence-corrected chi connectivity index (χ0v) is 14.0. The number of rotatable bonds is 1. The van der Waals surface area contributed by atoms with E-state index in [4.69, 9.17) is 0 Å². The van der Waals surface area contributed by atoms with Gasteiger partial charge in [0.2, 0.25) is 5.91 Å². The van der Waals surface area contributed by atoms with Crippen LogP contribution in [0.5, 0.6) is 0 Å². The molecule has 0 N–H and O–H groups in total. The number of fused-ring (bicyclic) bond motifs is 1. The molecule has 0 radical (unpaired) electrons. The predicted molar refractivity (Wildman–Crippen MR) is 82.5 cm³/mol. The maximum absolute atomic E-state index is 12.6. The Morgan fingerprint density at radius 2 is 1.85 bits per heavy atom. The molecule has 6 heteroatoms. The third kappa shape index (κ3) is 2.63. The van der Waals surface area contributed by atoms with Crippen molar-refractivity contribution < 1.29 is 9.59 Å². The van der Waals surface area contributed by atoms with Gasteiger partial charge < -0.3 is 9.80 Å². The van der Waals surface area contributed by atoms with Gasteiger partial charge in [-0.05, 0) is 24.6 Å². The Hall–Kier alpha value is -0.880. The lowest BCUT2D eigenvalue weighted by Gasteiger charge is -2.37. The van der Waals surface area contributed by atoms with Gasteiger partial charge in [-0.25, -0.2) is 0 Å². The van der Waals surface area contributed by atoms with Crippen molar-refractivity contribution in [2.45, 2.75) is 18.9 Å². The van der Waals surface area contributed by atoms with Crippen molar-refractivity contribution in [1.82, 2.24) is 9.80 Å². The summed E-state index contributed by atoms with van der Waals surface area (Å²) < 4.78 is 1.76. The van der Waals surface area contributed by atoms with E-state index >= 15 is 0 Å². The molecular formula is C14H14Br2N2O2. The summed E-state index contributed by atoms with van der Waals surface area (Å²) in [6, 6.07) is 5.78. The van der Waals surface area contributed by atoms with Crippen LogP contribution in [-0.2, 0) is 4.79 Å². The Balaban J connectivity index is 1.76. The van der Waals surface area contributed by atoms with Gasteiger partial charge in [0.15, 0.2) is 0 Å². The molecule has 0 aromatic heterocycles. The number of amides is 2. The summed E-state index contributed by atoms with van der Waals surface area (Å²) in [6.07, 6.45) is 1.49. The molecule has 2 aliphatic rings. The number of piperazine rings is 1. The molecule has 106 valence electrons. The van der Waals surface area contributed by atoms with Crippen LogP contribution in [0.1, 0.15) is 23.2 Å². The molecule has 0 bridgehead atoms. The Morgan fingerprint density at radius 1 is 1.15 bits per heavy atom. The molecule has 1 aromatic rings. The van der Waals surface area contributed by atoms with Crippen LogP contribution in [0.15, 0.2) is 27.1 Å². The van der Waals surface area contributed by atoms with Gasteiger partial charge in [0.05, 0.1) is 0 Å². The van der Waals surface area contributed by atoms with Crippen LogP contribution in [0.4, 0.5) is 0 Å². The van der Waals surface area contributed by atoms with E-state index in [-0.39, 0.29) is 17.9 Å². The number of carbonyl (C=O) groups is 2. The van der Waals surface area contributed by atoms with Crippen molar-refractivity contribution in [2.75, 3.05) is 19.6 Å². The third-order valence-electron chi connectivity index (χ3n) is 3.89. The molecule has 2 heterocycles. The fourth-order valence-corrected chi connectivity index (χ4v) is 4.20. The van der Waals surface area contributed by atoms with Crippen molar-refractivity contribution in [3.8, 4) is 0 Å². The molecule has 1 unspecified atom stereocenters. The second-order valence-corrected chi connectivity index (χ2v) is 7.02. The van der Waals surface area contributed by atoms with Gasteiger partial charge in [0.1, 0.15) is 0 Å². The lowest BCUT2D eigenvalue weighted by atomic mass is 10.1. The van der Waals surface area contributed by atoms with Crippen LogP contribution < -0.4 is 0 Å². The first-order chi connectivity index (χ1) is 9.54. The summed E-state index contributed by atoms with van der Waals surface area (Å²) >= 11 is 6.81. The van der Waals surface area contributed by atoms with E-state index in [1.807, 2.05) is 28.0 Å². The van der Waals surface area contributed by atoms with Gasteiger partial charge in [0.25, 0.3) is 5.91 Å². The summed E-state index contributed by atoms with van der Waals surface area (Å²) in [7, 11) is 0. The highest BCUT2D eigenvalue weighted by Crippen LogP contribution is 2.25. The van der Waals surface area contributed by atoms with E-state index in [0.717, 1.165) is 15.4 Å². The number of benzene rings is 1. The van der Waals surface area contributed by atoms with E-state index < -0.39 is 0 Å². The molecule has 2 amide bonds. The molecule has 3 rings (SSSR count). The predicted octanol–water partition coefficient (Wildman–Crippen LogP) is 2.66. The monoisotopic (exact) mass is 400 g/mol. The number of halogens is 2. The Kier molecular flexibility index (Phi) is 3.86.